The Morgan fingerprint density at radius 2 is 1.67 bits per heavy atom. The molecule has 0 atom stereocenters. The standard InChI is InChI=1S/C23H24N2OS/c26-23(24-13-15-25-14-11-21-20(17-25)12-16-27-21)22(18-7-3-1-4-8-18)19-9-5-2-6-10-19/h1-10,12,16,22H,11,13-15,17H2,(H,24,26). The molecule has 27 heavy (non-hydrogen) atoms. The number of carbonyl (C=O) groups is 1. The van der Waals surface area contributed by atoms with Gasteiger partial charge in [0.05, 0.1) is 5.92 Å². The molecule has 0 saturated carbocycles. The maximum Gasteiger partial charge on any atom is 0.232 e. The molecule has 0 bridgehead atoms. The summed E-state index contributed by atoms with van der Waals surface area (Å²) < 4.78 is 0. The number of hydrogen-bond acceptors (Lipinski definition) is 3. The molecule has 0 spiro atoms. The first-order valence-corrected chi connectivity index (χ1v) is 10.3. The van der Waals surface area contributed by atoms with E-state index in [0.717, 1.165) is 37.2 Å². The number of amides is 1. The number of thiophene rings is 1. The molecule has 0 fully saturated rings. The highest BCUT2D eigenvalue weighted by molar-refractivity contribution is 7.10. The number of nitrogens with one attached hydrogen (secondary N) is 1. The lowest BCUT2D eigenvalue weighted by Gasteiger charge is -2.27. The fraction of sp³-hybridized carbons (Fsp3) is 0.261. The third-order valence-corrected chi connectivity index (χ3v) is 6.16. The molecule has 3 nitrogen and oxygen atoms in total. The van der Waals surface area contributed by atoms with Gasteiger partial charge in [0.25, 0.3) is 0 Å². The quantitative estimate of drug-likeness (QED) is 0.704. The average Bonchev–Trinajstić information content (AvgIpc) is 3.18. The Morgan fingerprint density at radius 3 is 2.33 bits per heavy atom. The lowest BCUT2D eigenvalue weighted by Crippen LogP contribution is -2.39. The van der Waals surface area contributed by atoms with Gasteiger partial charge in [0, 0.05) is 31.1 Å². The van der Waals surface area contributed by atoms with E-state index in [-0.39, 0.29) is 11.8 Å². The van der Waals surface area contributed by atoms with Crippen LogP contribution in [0.3, 0.4) is 0 Å². The molecule has 2 aromatic carbocycles. The van der Waals surface area contributed by atoms with Gasteiger partial charge in [0.1, 0.15) is 0 Å². The first kappa shape index (κ1) is 18.0. The summed E-state index contributed by atoms with van der Waals surface area (Å²) in [6.45, 7) is 3.63. The third kappa shape index (κ3) is 4.29. The number of fused-ring (bicyclic) bond motifs is 1. The van der Waals surface area contributed by atoms with Crippen molar-refractivity contribution in [3.8, 4) is 0 Å². The minimum atomic E-state index is -0.266. The van der Waals surface area contributed by atoms with Crippen LogP contribution in [-0.4, -0.2) is 30.4 Å². The van der Waals surface area contributed by atoms with Gasteiger partial charge in [0.15, 0.2) is 0 Å². The first-order chi connectivity index (χ1) is 13.3. The van der Waals surface area contributed by atoms with Gasteiger partial charge in [-0.2, -0.15) is 0 Å². The smallest absolute Gasteiger partial charge is 0.232 e. The number of nitrogens with zero attached hydrogens (tertiary/aromatic N) is 1. The van der Waals surface area contributed by atoms with Crippen LogP contribution in [-0.2, 0) is 17.8 Å². The highest BCUT2D eigenvalue weighted by Gasteiger charge is 2.23. The molecule has 2 heterocycles. The van der Waals surface area contributed by atoms with Crippen LogP contribution < -0.4 is 5.32 Å². The van der Waals surface area contributed by atoms with E-state index >= 15 is 0 Å². The molecule has 1 amide bonds. The SMILES string of the molecule is O=C(NCCN1CCc2sccc2C1)C(c1ccccc1)c1ccccc1. The van der Waals surface area contributed by atoms with E-state index in [1.807, 2.05) is 72.0 Å². The molecule has 4 heteroatoms. The maximum atomic E-state index is 13.0. The molecule has 4 rings (SSSR count). The molecular weight excluding hydrogens is 352 g/mol. The number of hydrogen-bond donors (Lipinski definition) is 1. The Hall–Kier alpha value is -2.43. The van der Waals surface area contributed by atoms with Crippen molar-refractivity contribution in [3.05, 3.63) is 93.7 Å². The summed E-state index contributed by atoms with van der Waals surface area (Å²) >= 11 is 1.86. The number of benzene rings is 2. The van der Waals surface area contributed by atoms with Crippen molar-refractivity contribution < 1.29 is 4.79 Å². The summed E-state index contributed by atoms with van der Waals surface area (Å²) in [6.07, 6.45) is 1.12. The van der Waals surface area contributed by atoms with Crippen LogP contribution in [0.1, 0.15) is 27.5 Å². The lowest BCUT2D eigenvalue weighted by atomic mass is 9.90. The normalized spacial score (nSPS) is 14.1. The molecule has 1 aliphatic rings. The van der Waals surface area contributed by atoms with Crippen molar-refractivity contribution in [1.29, 1.82) is 0 Å². The van der Waals surface area contributed by atoms with Gasteiger partial charge < -0.3 is 5.32 Å². The van der Waals surface area contributed by atoms with E-state index in [1.54, 1.807) is 0 Å². The molecular formula is C23H24N2OS. The zero-order valence-electron chi connectivity index (χ0n) is 15.3. The van der Waals surface area contributed by atoms with Crippen LogP contribution in [0.5, 0.6) is 0 Å². The fourth-order valence-corrected chi connectivity index (χ4v) is 4.61. The van der Waals surface area contributed by atoms with Crippen LogP contribution in [0.4, 0.5) is 0 Å². The molecule has 1 aromatic heterocycles. The molecule has 1 aliphatic heterocycles. The van der Waals surface area contributed by atoms with Crippen molar-refractivity contribution in [1.82, 2.24) is 10.2 Å². The van der Waals surface area contributed by atoms with Gasteiger partial charge in [0.2, 0.25) is 5.91 Å². The highest BCUT2D eigenvalue weighted by Crippen LogP contribution is 2.25. The Morgan fingerprint density at radius 1 is 1.00 bits per heavy atom. The second kappa shape index (κ2) is 8.51. The second-order valence-corrected chi connectivity index (χ2v) is 7.94. The summed E-state index contributed by atoms with van der Waals surface area (Å²) in [7, 11) is 0. The highest BCUT2D eigenvalue weighted by atomic mass is 32.1. The van der Waals surface area contributed by atoms with Gasteiger partial charge in [-0.25, -0.2) is 0 Å². The van der Waals surface area contributed by atoms with E-state index in [9.17, 15) is 4.79 Å². The molecule has 3 aromatic rings. The first-order valence-electron chi connectivity index (χ1n) is 9.46. The van der Waals surface area contributed by atoms with E-state index in [2.05, 4.69) is 21.7 Å². The van der Waals surface area contributed by atoms with Crippen LogP contribution >= 0.6 is 11.3 Å². The largest absolute Gasteiger partial charge is 0.354 e. The van der Waals surface area contributed by atoms with Gasteiger partial charge in [-0.3, -0.25) is 9.69 Å². The van der Waals surface area contributed by atoms with E-state index in [1.165, 1.54) is 10.4 Å². The number of carbonyl (C=O) groups excluding carboxylic acids is 1. The van der Waals surface area contributed by atoms with E-state index in [4.69, 9.17) is 0 Å². The summed E-state index contributed by atoms with van der Waals surface area (Å²) in [6, 6.07) is 22.3. The Kier molecular flexibility index (Phi) is 5.66. The zero-order valence-corrected chi connectivity index (χ0v) is 16.1. The Balaban J connectivity index is 1.39. The van der Waals surface area contributed by atoms with Crippen molar-refractivity contribution in [2.24, 2.45) is 0 Å². The molecule has 0 radical (unpaired) electrons. The van der Waals surface area contributed by atoms with Crippen molar-refractivity contribution in [2.75, 3.05) is 19.6 Å². The maximum absolute atomic E-state index is 13.0. The Bertz CT molecular complexity index is 836. The molecule has 138 valence electrons. The average molecular weight is 377 g/mol. The number of rotatable bonds is 6. The topological polar surface area (TPSA) is 32.3 Å². The Labute approximate surface area is 164 Å². The van der Waals surface area contributed by atoms with E-state index < -0.39 is 0 Å². The molecule has 0 saturated heterocycles. The fourth-order valence-electron chi connectivity index (χ4n) is 3.72. The lowest BCUT2D eigenvalue weighted by molar-refractivity contribution is -0.121. The van der Waals surface area contributed by atoms with Gasteiger partial charge >= 0.3 is 0 Å². The second-order valence-electron chi connectivity index (χ2n) is 6.94. The minimum Gasteiger partial charge on any atom is -0.354 e. The van der Waals surface area contributed by atoms with Crippen LogP contribution in [0, 0.1) is 0 Å². The molecule has 0 unspecified atom stereocenters. The summed E-state index contributed by atoms with van der Waals surface area (Å²) in [5.74, 6) is -0.196. The monoisotopic (exact) mass is 376 g/mol. The van der Waals surface area contributed by atoms with Crippen LogP contribution in [0.2, 0.25) is 0 Å². The molecule has 0 aliphatic carbocycles. The third-order valence-electron chi connectivity index (χ3n) is 5.14. The summed E-state index contributed by atoms with van der Waals surface area (Å²) in [5.41, 5.74) is 3.51. The zero-order chi connectivity index (χ0) is 18.5. The summed E-state index contributed by atoms with van der Waals surface area (Å²) in [5, 5.41) is 5.35. The minimum absolute atomic E-state index is 0.0700. The van der Waals surface area contributed by atoms with Gasteiger partial charge in [-0.15, -0.1) is 11.3 Å². The summed E-state index contributed by atoms with van der Waals surface area (Å²) in [4.78, 5) is 17.0. The van der Waals surface area contributed by atoms with Crippen molar-refractivity contribution in [3.63, 3.8) is 0 Å². The molecule has 1 N–H and O–H groups in total. The van der Waals surface area contributed by atoms with Gasteiger partial charge in [-0.1, -0.05) is 60.7 Å². The van der Waals surface area contributed by atoms with Crippen molar-refractivity contribution >= 4 is 17.2 Å². The van der Waals surface area contributed by atoms with Crippen LogP contribution in [0.25, 0.3) is 0 Å². The van der Waals surface area contributed by atoms with E-state index in [0.29, 0.717) is 6.54 Å². The van der Waals surface area contributed by atoms with Gasteiger partial charge in [-0.05, 0) is 34.6 Å². The predicted octanol–water partition coefficient (Wildman–Crippen LogP) is 4.05. The van der Waals surface area contributed by atoms with Crippen LogP contribution in [0.15, 0.2) is 72.1 Å². The van der Waals surface area contributed by atoms with Crippen molar-refractivity contribution in [2.45, 2.75) is 18.9 Å². The predicted molar refractivity (Wildman–Crippen MR) is 111 cm³/mol.